The summed E-state index contributed by atoms with van der Waals surface area (Å²) in [4.78, 5) is 38.6. The molecule has 258 valence electrons. The van der Waals surface area contributed by atoms with Gasteiger partial charge in [-0.05, 0) is 62.5 Å². The van der Waals surface area contributed by atoms with E-state index in [-0.39, 0.29) is 18.3 Å². The van der Waals surface area contributed by atoms with Crippen molar-refractivity contribution in [2.75, 3.05) is 65.9 Å². The van der Waals surface area contributed by atoms with Crippen molar-refractivity contribution in [2.45, 2.75) is 51.6 Å². The van der Waals surface area contributed by atoms with E-state index < -0.39 is 18.4 Å². The number of carbonyl (C=O) groups excluding carboxylic acids is 2. The number of rotatable bonds is 16. The molecule has 0 atom stereocenters. The number of nitrogens with two attached hydrogens (primary N) is 1. The molecule has 0 aliphatic carbocycles. The van der Waals surface area contributed by atoms with Gasteiger partial charge >= 0.3 is 12.0 Å². The summed E-state index contributed by atoms with van der Waals surface area (Å²) < 4.78 is 31.9. The van der Waals surface area contributed by atoms with Gasteiger partial charge in [0.25, 0.3) is 0 Å². The number of aryl methyl sites for hydroxylation is 1. The minimum atomic E-state index is -0.607. The number of benzene rings is 2. The average molecular weight is 664 g/mol. The quantitative estimate of drug-likeness (QED) is 0.131. The van der Waals surface area contributed by atoms with Crippen LogP contribution in [0.4, 0.5) is 15.0 Å². The highest BCUT2D eigenvalue weighted by Crippen LogP contribution is 2.29. The van der Waals surface area contributed by atoms with Crippen molar-refractivity contribution >= 4 is 39.8 Å². The smallest absolute Gasteiger partial charge is 0.343 e. The lowest BCUT2D eigenvalue weighted by Gasteiger charge is -2.30. The minimum absolute atomic E-state index is 0.0588. The molecule has 12 nitrogen and oxygen atoms in total. The van der Waals surface area contributed by atoms with E-state index in [1.165, 1.54) is 25.7 Å². The molecule has 1 aliphatic heterocycles. The summed E-state index contributed by atoms with van der Waals surface area (Å²) in [5.41, 5.74) is 9.50. The number of nitrogens with one attached hydrogen (secondary N) is 1. The highest BCUT2D eigenvalue weighted by molar-refractivity contribution is 6.06. The summed E-state index contributed by atoms with van der Waals surface area (Å²) in [6.45, 7) is 4.89. The molecule has 2 aromatic carbocycles. The van der Waals surface area contributed by atoms with E-state index in [9.17, 15) is 14.0 Å². The molecule has 5 rings (SSSR count). The maximum Gasteiger partial charge on any atom is 0.343 e. The van der Waals surface area contributed by atoms with Crippen molar-refractivity contribution < 1.29 is 28.2 Å². The molecule has 13 heteroatoms. The topological polar surface area (TPSA) is 137 Å². The number of amides is 2. The predicted molar refractivity (Wildman–Crippen MR) is 182 cm³/mol. The maximum absolute atomic E-state index is 14.4. The van der Waals surface area contributed by atoms with Gasteiger partial charge in [0.2, 0.25) is 0 Å². The first-order valence-corrected chi connectivity index (χ1v) is 16.6. The number of nitrogen functional groups attached to an aromatic ring is 1. The number of urea groups is 1. The van der Waals surface area contributed by atoms with Gasteiger partial charge in [0.05, 0.1) is 24.8 Å². The van der Waals surface area contributed by atoms with Gasteiger partial charge in [-0.1, -0.05) is 30.7 Å². The molecule has 3 heterocycles. The van der Waals surface area contributed by atoms with Crippen LogP contribution in [0.25, 0.3) is 21.9 Å². The number of fused-ring (bicyclic) bond motifs is 3. The molecule has 0 spiro atoms. The Morgan fingerprint density at radius 2 is 1.85 bits per heavy atom. The van der Waals surface area contributed by atoms with Gasteiger partial charge in [0, 0.05) is 51.6 Å². The fraction of sp³-hybridized carbons (Fsp3) is 0.486. The highest BCUT2D eigenvalue weighted by atomic mass is 19.1. The number of methoxy groups -OCH3 is 2. The molecule has 2 amide bonds. The third-order valence-electron chi connectivity index (χ3n) is 8.67. The van der Waals surface area contributed by atoms with Crippen LogP contribution in [0.1, 0.15) is 43.5 Å². The number of hydrogen-bond donors (Lipinski definition) is 2. The lowest BCUT2D eigenvalue weighted by molar-refractivity contribution is -0.142. The van der Waals surface area contributed by atoms with Crippen molar-refractivity contribution in [2.24, 2.45) is 0 Å². The number of carbonyl (C=O) groups is 2. The van der Waals surface area contributed by atoms with Crippen molar-refractivity contribution in [1.29, 1.82) is 0 Å². The van der Waals surface area contributed by atoms with E-state index in [1.54, 1.807) is 18.1 Å². The first-order valence-electron chi connectivity index (χ1n) is 16.6. The van der Waals surface area contributed by atoms with Crippen molar-refractivity contribution in [1.82, 2.24) is 29.7 Å². The molecule has 1 aliphatic rings. The van der Waals surface area contributed by atoms with Crippen LogP contribution in [0.3, 0.4) is 0 Å². The third kappa shape index (κ3) is 8.90. The van der Waals surface area contributed by atoms with E-state index >= 15 is 0 Å². The monoisotopic (exact) mass is 663 g/mol. The van der Waals surface area contributed by atoms with Crippen LogP contribution < -0.4 is 15.8 Å². The standard InChI is InChI=1S/C35H46FN7O5/c1-46-21-14-30-40-32-33(26-10-4-5-11-28(26)39-34(32)37)43(30)18-9-6-15-38-35(45)42(20-19-41-16-7-3-8-17-41)23-25-12-13-27(36)29(22-25)48-24-31(44)47-2/h4-5,10-13,22H,3,6-9,14-21,23-24H2,1-2H3,(H2,37,39)(H,38,45). The molecule has 0 radical (unpaired) electrons. The van der Waals surface area contributed by atoms with E-state index in [0.29, 0.717) is 49.6 Å². The zero-order valence-corrected chi connectivity index (χ0v) is 27.9. The van der Waals surface area contributed by atoms with E-state index in [4.69, 9.17) is 20.2 Å². The Kier molecular flexibility index (Phi) is 12.4. The fourth-order valence-corrected chi connectivity index (χ4v) is 6.10. The van der Waals surface area contributed by atoms with Gasteiger partial charge in [0.15, 0.2) is 24.0 Å². The molecular formula is C35H46FN7O5. The molecule has 4 aromatic rings. The summed E-state index contributed by atoms with van der Waals surface area (Å²) in [6.07, 6.45) is 5.73. The number of esters is 1. The van der Waals surface area contributed by atoms with Crippen LogP contribution in [-0.4, -0.2) is 96.5 Å². The Bertz CT molecular complexity index is 1690. The largest absolute Gasteiger partial charge is 0.479 e. The predicted octanol–water partition coefficient (Wildman–Crippen LogP) is 4.52. The van der Waals surface area contributed by atoms with E-state index in [1.807, 2.05) is 24.3 Å². The number of para-hydroxylation sites is 1. The Morgan fingerprint density at radius 1 is 1.04 bits per heavy atom. The molecule has 1 fully saturated rings. The summed E-state index contributed by atoms with van der Waals surface area (Å²) in [5.74, 6) is 0.0379. The summed E-state index contributed by atoms with van der Waals surface area (Å²) in [5, 5.41) is 4.09. The number of halogens is 1. The molecule has 48 heavy (non-hydrogen) atoms. The number of aromatic nitrogens is 3. The van der Waals surface area contributed by atoms with Crippen LogP contribution in [0.5, 0.6) is 5.75 Å². The van der Waals surface area contributed by atoms with E-state index in [0.717, 1.165) is 67.6 Å². The third-order valence-corrected chi connectivity index (χ3v) is 8.67. The zero-order valence-electron chi connectivity index (χ0n) is 27.9. The van der Waals surface area contributed by atoms with Crippen LogP contribution in [0.2, 0.25) is 0 Å². The van der Waals surface area contributed by atoms with Gasteiger partial charge in [0.1, 0.15) is 11.3 Å². The molecule has 2 aromatic heterocycles. The number of imidazole rings is 1. The second-order valence-corrected chi connectivity index (χ2v) is 12.0. The number of nitrogens with zero attached hydrogens (tertiary/aromatic N) is 5. The highest BCUT2D eigenvalue weighted by Gasteiger charge is 2.20. The first kappa shape index (κ1) is 34.8. The van der Waals surface area contributed by atoms with Crippen molar-refractivity contribution in [3.8, 4) is 5.75 Å². The molecule has 0 saturated carbocycles. The molecule has 3 N–H and O–H groups in total. The maximum atomic E-state index is 14.4. The Hall–Kier alpha value is -4.49. The van der Waals surface area contributed by atoms with Crippen LogP contribution in [-0.2, 0) is 33.8 Å². The van der Waals surface area contributed by atoms with Gasteiger partial charge < -0.3 is 39.6 Å². The molecular weight excluding hydrogens is 617 g/mol. The summed E-state index contributed by atoms with van der Waals surface area (Å²) >= 11 is 0. The molecule has 0 bridgehead atoms. The van der Waals surface area contributed by atoms with E-state index in [2.05, 4.69) is 24.5 Å². The Morgan fingerprint density at radius 3 is 2.65 bits per heavy atom. The lowest BCUT2D eigenvalue weighted by Crippen LogP contribution is -2.44. The van der Waals surface area contributed by atoms with Gasteiger partial charge in [-0.15, -0.1) is 0 Å². The summed E-state index contributed by atoms with van der Waals surface area (Å²) in [7, 11) is 2.91. The van der Waals surface area contributed by atoms with Gasteiger partial charge in [-0.2, -0.15) is 0 Å². The number of piperidine rings is 1. The second kappa shape index (κ2) is 17.1. The fourth-order valence-electron chi connectivity index (χ4n) is 6.10. The number of likely N-dealkylation sites (tertiary alicyclic amines) is 1. The SMILES string of the molecule is COCCc1nc2c(N)nc3ccccc3c2n1CCCCNC(=O)N(CCN1CCCCC1)Cc1ccc(F)c(OCC(=O)OC)c1. The minimum Gasteiger partial charge on any atom is -0.479 e. The lowest BCUT2D eigenvalue weighted by atomic mass is 10.1. The number of pyridine rings is 1. The number of unbranched alkanes of at least 4 members (excludes halogenated alkanes) is 1. The average Bonchev–Trinajstić information content (AvgIpc) is 3.48. The Balaban J connectivity index is 1.23. The van der Waals surface area contributed by atoms with Gasteiger partial charge in [-0.25, -0.2) is 23.9 Å². The number of ether oxygens (including phenoxy) is 3. The number of anilines is 1. The van der Waals surface area contributed by atoms with Crippen molar-refractivity contribution in [3.05, 3.63) is 59.7 Å². The Labute approximate surface area is 280 Å². The number of hydrogen-bond acceptors (Lipinski definition) is 9. The second-order valence-electron chi connectivity index (χ2n) is 12.0. The molecule has 0 unspecified atom stereocenters. The normalized spacial score (nSPS) is 13.6. The first-order chi connectivity index (χ1) is 23.4. The van der Waals surface area contributed by atoms with Gasteiger partial charge in [-0.3, -0.25) is 0 Å². The summed E-state index contributed by atoms with van der Waals surface area (Å²) in [6, 6.07) is 12.2. The van der Waals surface area contributed by atoms with Crippen LogP contribution in [0.15, 0.2) is 42.5 Å². The molecule has 1 saturated heterocycles. The van der Waals surface area contributed by atoms with Crippen LogP contribution in [0, 0.1) is 5.82 Å². The van der Waals surface area contributed by atoms with Crippen LogP contribution >= 0.6 is 0 Å². The zero-order chi connectivity index (χ0) is 33.9. The van der Waals surface area contributed by atoms with Crippen molar-refractivity contribution in [3.63, 3.8) is 0 Å².